The first-order valence-corrected chi connectivity index (χ1v) is 8.69. The van der Waals surface area contributed by atoms with Crippen molar-refractivity contribution in [2.45, 2.75) is 0 Å². The van der Waals surface area contributed by atoms with E-state index < -0.39 is 0 Å². The van der Waals surface area contributed by atoms with Crippen LogP contribution in [0.5, 0.6) is 0 Å². The van der Waals surface area contributed by atoms with Gasteiger partial charge in [-0.3, -0.25) is 9.59 Å². The molecule has 2 aromatic carbocycles. The normalized spacial score (nSPS) is 11.2. The smallest absolute Gasteiger partial charge is 0.185 e. The minimum Gasteiger partial charge on any atom is -0.289 e. The Hall–Kier alpha value is -3.04. The third kappa shape index (κ3) is 4.72. The number of rotatable bonds is 6. The van der Waals surface area contributed by atoms with E-state index in [1.807, 2.05) is 48.5 Å². The summed E-state index contributed by atoms with van der Waals surface area (Å²) in [4.78, 5) is 26.0. The molecule has 0 aliphatic heterocycles. The van der Waals surface area contributed by atoms with Crippen molar-refractivity contribution < 1.29 is 9.59 Å². The Kier molecular flexibility index (Phi) is 5.50. The Bertz CT molecular complexity index is 843. The van der Waals surface area contributed by atoms with Crippen molar-refractivity contribution in [3.8, 4) is 0 Å². The molecule has 0 bridgehead atoms. The summed E-state index contributed by atoms with van der Waals surface area (Å²) in [5, 5.41) is 0. The van der Waals surface area contributed by atoms with Crippen LogP contribution in [-0.4, -0.2) is 11.6 Å². The zero-order valence-corrected chi connectivity index (χ0v) is 14.3. The van der Waals surface area contributed by atoms with Crippen molar-refractivity contribution in [2.24, 2.45) is 0 Å². The van der Waals surface area contributed by atoms with Crippen molar-refractivity contribution in [1.82, 2.24) is 0 Å². The van der Waals surface area contributed by atoms with Gasteiger partial charge in [-0.2, -0.15) is 0 Å². The van der Waals surface area contributed by atoms with Gasteiger partial charge in [0.05, 0.1) is 0 Å². The fourth-order valence-electron chi connectivity index (χ4n) is 2.26. The SMILES string of the molecule is O=C(C=Cc1ccc(C=CC(=O)c2ccccc2)s1)c1ccccc1. The highest BCUT2D eigenvalue weighted by Crippen LogP contribution is 2.20. The molecule has 0 spiro atoms. The largest absolute Gasteiger partial charge is 0.289 e. The number of allylic oxidation sites excluding steroid dienone is 2. The zero-order valence-electron chi connectivity index (χ0n) is 13.5. The number of carbonyl (C=O) groups excluding carboxylic acids is 2. The molecule has 0 aliphatic rings. The maximum atomic E-state index is 12.1. The third-order valence-corrected chi connectivity index (χ3v) is 4.58. The number of thiophene rings is 1. The van der Waals surface area contributed by atoms with Gasteiger partial charge in [-0.15, -0.1) is 11.3 Å². The van der Waals surface area contributed by atoms with E-state index in [0.717, 1.165) is 9.75 Å². The molecular formula is C22H16O2S. The molecule has 25 heavy (non-hydrogen) atoms. The first kappa shape index (κ1) is 16.8. The van der Waals surface area contributed by atoms with Crippen LogP contribution in [0.25, 0.3) is 12.2 Å². The topological polar surface area (TPSA) is 34.1 Å². The van der Waals surface area contributed by atoms with Gasteiger partial charge in [-0.1, -0.05) is 60.7 Å². The Morgan fingerprint density at radius 2 is 1.00 bits per heavy atom. The van der Waals surface area contributed by atoms with Crippen LogP contribution in [0.2, 0.25) is 0 Å². The van der Waals surface area contributed by atoms with Gasteiger partial charge in [0, 0.05) is 20.9 Å². The van der Waals surface area contributed by atoms with Gasteiger partial charge in [-0.05, 0) is 36.4 Å². The molecule has 122 valence electrons. The van der Waals surface area contributed by atoms with E-state index in [-0.39, 0.29) is 11.6 Å². The van der Waals surface area contributed by atoms with Crippen molar-refractivity contribution in [3.05, 3.63) is 106 Å². The molecule has 0 unspecified atom stereocenters. The number of benzene rings is 2. The lowest BCUT2D eigenvalue weighted by molar-refractivity contribution is 0.103. The highest BCUT2D eigenvalue weighted by molar-refractivity contribution is 7.13. The molecule has 1 heterocycles. The van der Waals surface area contributed by atoms with Gasteiger partial charge in [-0.25, -0.2) is 0 Å². The lowest BCUT2D eigenvalue weighted by atomic mass is 10.1. The Balaban J connectivity index is 1.64. The molecule has 1 aromatic heterocycles. The van der Waals surface area contributed by atoms with Gasteiger partial charge in [0.25, 0.3) is 0 Å². The molecule has 0 N–H and O–H groups in total. The van der Waals surface area contributed by atoms with Crippen molar-refractivity contribution >= 4 is 35.1 Å². The van der Waals surface area contributed by atoms with Crippen LogP contribution in [0.15, 0.2) is 84.9 Å². The Labute approximate surface area is 150 Å². The van der Waals surface area contributed by atoms with Crippen molar-refractivity contribution in [2.75, 3.05) is 0 Å². The van der Waals surface area contributed by atoms with Crippen LogP contribution < -0.4 is 0 Å². The zero-order chi connectivity index (χ0) is 17.5. The van der Waals surface area contributed by atoms with Crippen LogP contribution in [0.1, 0.15) is 30.5 Å². The lowest BCUT2D eigenvalue weighted by Gasteiger charge is -1.93. The van der Waals surface area contributed by atoms with E-state index in [9.17, 15) is 9.59 Å². The highest BCUT2D eigenvalue weighted by Gasteiger charge is 2.02. The second kappa shape index (κ2) is 8.18. The number of carbonyl (C=O) groups is 2. The van der Waals surface area contributed by atoms with Crippen molar-refractivity contribution in [1.29, 1.82) is 0 Å². The van der Waals surface area contributed by atoms with Gasteiger partial charge < -0.3 is 0 Å². The molecule has 0 amide bonds. The molecule has 0 radical (unpaired) electrons. The second-order valence-corrected chi connectivity index (χ2v) is 6.51. The average Bonchev–Trinajstić information content (AvgIpc) is 3.13. The molecule has 0 saturated carbocycles. The summed E-state index contributed by atoms with van der Waals surface area (Å²) >= 11 is 1.53. The summed E-state index contributed by atoms with van der Waals surface area (Å²) in [7, 11) is 0. The molecule has 3 rings (SSSR count). The predicted octanol–water partition coefficient (Wildman–Crippen LogP) is 5.54. The maximum Gasteiger partial charge on any atom is 0.185 e. The molecule has 2 nitrogen and oxygen atoms in total. The van der Waals surface area contributed by atoms with Gasteiger partial charge >= 0.3 is 0 Å². The first-order chi connectivity index (χ1) is 12.2. The fraction of sp³-hybridized carbons (Fsp3) is 0. The van der Waals surface area contributed by atoms with E-state index in [4.69, 9.17) is 0 Å². The third-order valence-electron chi connectivity index (χ3n) is 3.56. The number of ketones is 2. The highest BCUT2D eigenvalue weighted by atomic mass is 32.1. The van der Waals surface area contributed by atoms with Gasteiger partial charge in [0.1, 0.15) is 0 Å². The van der Waals surface area contributed by atoms with E-state index in [1.54, 1.807) is 48.6 Å². The van der Waals surface area contributed by atoms with Crippen molar-refractivity contribution in [3.63, 3.8) is 0 Å². The molecular weight excluding hydrogens is 328 g/mol. The molecule has 3 aromatic rings. The predicted molar refractivity (Wildman–Crippen MR) is 104 cm³/mol. The standard InChI is InChI=1S/C22H16O2S/c23-21(17-7-3-1-4-8-17)15-13-19-11-12-20(25-19)14-16-22(24)18-9-5-2-6-10-18/h1-16H. The molecule has 3 heteroatoms. The molecule has 0 fully saturated rings. The van der Waals surface area contributed by atoms with Crippen LogP contribution >= 0.6 is 11.3 Å². The Morgan fingerprint density at radius 3 is 1.40 bits per heavy atom. The molecule has 0 saturated heterocycles. The second-order valence-electron chi connectivity index (χ2n) is 5.37. The van der Waals surface area contributed by atoms with Crippen LogP contribution in [0.4, 0.5) is 0 Å². The summed E-state index contributed by atoms with van der Waals surface area (Å²) in [6.45, 7) is 0. The van der Waals surface area contributed by atoms with E-state index in [1.165, 1.54) is 11.3 Å². The van der Waals surface area contributed by atoms with E-state index >= 15 is 0 Å². The average molecular weight is 344 g/mol. The maximum absolute atomic E-state index is 12.1. The van der Waals surface area contributed by atoms with Gasteiger partial charge in [0.15, 0.2) is 11.6 Å². The molecule has 0 atom stereocenters. The lowest BCUT2D eigenvalue weighted by Crippen LogP contribution is -1.92. The Morgan fingerprint density at radius 1 is 0.600 bits per heavy atom. The molecule has 0 aliphatic carbocycles. The minimum absolute atomic E-state index is 0.0228. The summed E-state index contributed by atoms with van der Waals surface area (Å²) in [5.41, 5.74) is 1.34. The van der Waals surface area contributed by atoms with E-state index in [0.29, 0.717) is 11.1 Å². The first-order valence-electron chi connectivity index (χ1n) is 7.87. The van der Waals surface area contributed by atoms with Crippen LogP contribution in [-0.2, 0) is 0 Å². The van der Waals surface area contributed by atoms with Crippen LogP contribution in [0, 0.1) is 0 Å². The van der Waals surface area contributed by atoms with Crippen LogP contribution in [0.3, 0.4) is 0 Å². The monoisotopic (exact) mass is 344 g/mol. The number of hydrogen-bond donors (Lipinski definition) is 0. The summed E-state index contributed by atoms with van der Waals surface area (Å²) in [6, 6.07) is 22.2. The summed E-state index contributed by atoms with van der Waals surface area (Å²) < 4.78 is 0. The summed E-state index contributed by atoms with van der Waals surface area (Å²) in [6.07, 6.45) is 6.75. The summed E-state index contributed by atoms with van der Waals surface area (Å²) in [5.74, 6) is -0.0457. The fourth-order valence-corrected chi connectivity index (χ4v) is 3.08. The number of hydrogen-bond acceptors (Lipinski definition) is 3. The quantitative estimate of drug-likeness (QED) is 0.434. The minimum atomic E-state index is -0.0228. The van der Waals surface area contributed by atoms with E-state index in [2.05, 4.69) is 0 Å². The van der Waals surface area contributed by atoms with Gasteiger partial charge in [0.2, 0.25) is 0 Å².